The van der Waals surface area contributed by atoms with E-state index in [0.717, 1.165) is 38.5 Å². The minimum atomic E-state index is -0.671. The van der Waals surface area contributed by atoms with E-state index < -0.39 is 18.1 Å². The fourth-order valence-electron chi connectivity index (χ4n) is 2.98. The van der Waals surface area contributed by atoms with Gasteiger partial charge in [-0.05, 0) is 43.9 Å². The topological polar surface area (TPSA) is 73.9 Å². The van der Waals surface area contributed by atoms with Crippen molar-refractivity contribution in [3.63, 3.8) is 0 Å². The molecular weight excluding hydrogens is 298 g/mol. The Morgan fingerprint density at radius 1 is 1.39 bits per heavy atom. The molecule has 0 aromatic carbocycles. The number of alkyl carbamates (subject to hydrolysis) is 1. The monoisotopic (exact) mass is 323 g/mol. The lowest BCUT2D eigenvalue weighted by molar-refractivity contribution is -0.145. The van der Waals surface area contributed by atoms with Crippen LogP contribution in [0.4, 0.5) is 4.79 Å². The van der Waals surface area contributed by atoms with Crippen LogP contribution in [0.5, 0.6) is 0 Å². The summed E-state index contributed by atoms with van der Waals surface area (Å²) >= 11 is 0. The van der Waals surface area contributed by atoms with Gasteiger partial charge in [-0.15, -0.1) is 12.3 Å². The molecule has 128 valence electrons. The molecule has 1 aliphatic carbocycles. The van der Waals surface area contributed by atoms with Gasteiger partial charge in [0.25, 0.3) is 0 Å². The standard InChI is InChI=1S/C17H25NO5/c1-3-4-5-6-13-11-14(13)23-17(20)18-15(16(19)21-2)12-7-9-22-10-8-12/h1,12-15H,4-11H2,2H3,(H,18,20)/t13-,14-,15?/m1/s1. The molecule has 0 bridgehead atoms. The van der Waals surface area contributed by atoms with Gasteiger partial charge in [0, 0.05) is 19.6 Å². The van der Waals surface area contributed by atoms with Crippen LogP contribution in [0, 0.1) is 24.2 Å². The molecule has 23 heavy (non-hydrogen) atoms. The van der Waals surface area contributed by atoms with E-state index >= 15 is 0 Å². The van der Waals surface area contributed by atoms with E-state index in [1.54, 1.807) is 0 Å². The summed E-state index contributed by atoms with van der Waals surface area (Å²) in [5.74, 6) is 2.59. The summed E-state index contributed by atoms with van der Waals surface area (Å²) in [7, 11) is 1.32. The number of methoxy groups -OCH3 is 1. The van der Waals surface area contributed by atoms with Crippen LogP contribution in [0.25, 0.3) is 0 Å². The number of carbonyl (C=O) groups excluding carboxylic acids is 2. The average molecular weight is 323 g/mol. The predicted molar refractivity (Wildman–Crippen MR) is 83.5 cm³/mol. The largest absolute Gasteiger partial charge is 0.467 e. The van der Waals surface area contributed by atoms with Crippen molar-refractivity contribution in [2.24, 2.45) is 11.8 Å². The quantitative estimate of drug-likeness (QED) is 0.440. The second-order valence-electron chi connectivity index (χ2n) is 6.13. The molecule has 3 atom stereocenters. The van der Waals surface area contributed by atoms with Crippen LogP contribution >= 0.6 is 0 Å². The average Bonchev–Trinajstić information content (AvgIpc) is 3.30. The highest BCUT2D eigenvalue weighted by Gasteiger charge is 2.41. The first-order valence-electron chi connectivity index (χ1n) is 8.22. The van der Waals surface area contributed by atoms with Gasteiger partial charge in [-0.2, -0.15) is 0 Å². The molecule has 1 unspecified atom stereocenters. The molecule has 2 fully saturated rings. The molecule has 0 aromatic heterocycles. The summed E-state index contributed by atoms with van der Waals surface area (Å²) in [5, 5.41) is 2.67. The SMILES string of the molecule is C#CCCC[C@@H]1C[C@H]1OC(=O)NC(C(=O)OC)C1CCOCC1. The Hall–Kier alpha value is -1.74. The van der Waals surface area contributed by atoms with Crippen LogP contribution in [-0.4, -0.2) is 44.5 Å². The molecule has 1 N–H and O–H groups in total. The number of hydrogen-bond donors (Lipinski definition) is 1. The Morgan fingerprint density at radius 2 is 2.13 bits per heavy atom. The summed E-state index contributed by atoms with van der Waals surface area (Å²) in [6.45, 7) is 1.18. The van der Waals surface area contributed by atoms with Crippen molar-refractivity contribution in [2.75, 3.05) is 20.3 Å². The fourth-order valence-corrected chi connectivity index (χ4v) is 2.98. The number of esters is 1. The smallest absolute Gasteiger partial charge is 0.408 e. The highest BCUT2D eigenvalue weighted by molar-refractivity contribution is 5.81. The van der Waals surface area contributed by atoms with Crippen LogP contribution < -0.4 is 5.32 Å². The third-order valence-electron chi connectivity index (χ3n) is 4.48. The summed E-state index contributed by atoms with van der Waals surface area (Å²) in [5.41, 5.74) is 0. The van der Waals surface area contributed by atoms with Gasteiger partial charge in [-0.1, -0.05) is 0 Å². The van der Waals surface area contributed by atoms with Crippen LogP contribution in [0.15, 0.2) is 0 Å². The maximum atomic E-state index is 12.0. The highest BCUT2D eigenvalue weighted by atomic mass is 16.6. The second-order valence-corrected chi connectivity index (χ2v) is 6.13. The van der Waals surface area contributed by atoms with Crippen molar-refractivity contribution in [3.05, 3.63) is 0 Å². The first-order valence-corrected chi connectivity index (χ1v) is 8.22. The van der Waals surface area contributed by atoms with E-state index in [1.165, 1.54) is 7.11 Å². The fraction of sp³-hybridized carbons (Fsp3) is 0.765. The first kappa shape index (κ1) is 17.6. The molecule has 0 radical (unpaired) electrons. The summed E-state index contributed by atoms with van der Waals surface area (Å²) in [6, 6.07) is -0.671. The number of unbranched alkanes of at least 4 members (excludes halogenated alkanes) is 1. The van der Waals surface area contributed by atoms with Gasteiger partial charge in [0.1, 0.15) is 12.1 Å². The molecular formula is C17H25NO5. The number of rotatable bonds is 7. The predicted octanol–water partition coefficient (Wildman–Crippen LogP) is 1.87. The van der Waals surface area contributed by atoms with Gasteiger partial charge in [0.2, 0.25) is 0 Å². The van der Waals surface area contributed by atoms with Gasteiger partial charge in [0.15, 0.2) is 0 Å². The number of nitrogens with one attached hydrogen (secondary N) is 1. The van der Waals surface area contributed by atoms with Crippen molar-refractivity contribution < 1.29 is 23.8 Å². The number of ether oxygens (including phenoxy) is 3. The molecule has 0 spiro atoms. The minimum Gasteiger partial charge on any atom is -0.467 e. The molecule has 0 aromatic rings. The molecule has 1 aliphatic heterocycles. The van der Waals surface area contributed by atoms with Gasteiger partial charge in [-0.3, -0.25) is 0 Å². The van der Waals surface area contributed by atoms with Crippen molar-refractivity contribution in [1.82, 2.24) is 5.32 Å². The van der Waals surface area contributed by atoms with Crippen molar-refractivity contribution in [1.29, 1.82) is 0 Å². The van der Waals surface area contributed by atoms with E-state index in [9.17, 15) is 9.59 Å². The first-order chi connectivity index (χ1) is 11.2. The van der Waals surface area contributed by atoms with Gasteiger partial charge >= 0.3 is 12.1 Å². The number of amides is 1. The van der Waals surface area contributed by atoms with Gasteiger partial charge in [-0.25, -0.2) is 9.59 Å². The van der Waals surface area contributed by atoms with Crippen molar-refractivity contribution in [3.8, 4) is 12.3 Å². The van der Waals surface area contributed by atoms with E-state index in [0.29, 0.717) is 19.1 Å². The highest BCUT2D eigenvalue weighted by Crippen LogP contribution is 2.38. The Morgan fingerprint density at radius 3 is 2.78 bits per heavy atom. The molecule has 1 heterocycles. The Labute approximate surface area is 137 Å². The lowest BCUT2D eigenvalue weighted by Gasteiger charge is -2.28. The molecule has 6 heteroatoms. The van der Waals surface area contributed by atoms with E-state index in [2.05, 4.69) is 11.2 Å². The zero-order valence-electron chi connectivity index (χ0n) is 13.6. The van der Waals surface area contributed by atoms with E-state index in [1.807, 2.05) is 0 Å². The maximum absolute atomic E-state index is 12.0. The lowest BCUT2D eigenvalue weighted by atomic mass is 9.92. The lowest BCUT2D eigenvalue weighted by Crippen LogP contribution is -2.48. The zero-order chi connectivity index (χ0) is 16.7. The van der Waals surface area contributed by atoms with Crippen molar-refractivity contribution >= 4 is 12.1 Å². The Bertz CT molecular complexity index is 452. The molecule has 1 saturated carbocycles. The number of terminal acetylenes is 1. The maximum Gasteiger partial charge on any atom is 0.408 e. The zero-order valence-corrected chi connectivity index (χ0v) is 13.6. The Balaban J connectivity index is 1.77. The minimum absolute atomic E-state index is 0.0226. The number of hydrogen-bond acceptors (Lipinski definition) is 5. The van der Waals surface area contributed by atoms with Gasteiger partial charge in [0.05, 0.1) is 7.11 Å². The van der Waals surface area contributed by atoms with Crippen molar-refractivity contribution in [2.45, 2.75) is 50.7 Å². The molecule has 2 rings (SSSR count). The van der Waals surface area contributed by atoms with Crippen LogP contribution in [0.1, 0.15) is 38.5 Å². The van der Waals surface area contributed by atoms with Gasteiger partial charge < -0.3 is 19.5 Å². The Kier molecular flexibility index (Phi) is 6.72. The van der Waals surface area contributed by atoms with E-state index in [-0.39, 0.29) is 12.0 Å². The summed E-state index contributed by atoms with van der Waals surface area (Å²) in [6.07, 6.45) is 9.62. The number of carbonyl (C=O) groups is 2. The summed E-state index contributed by atoms with van der Waals surface area (Å²) in [4.78, 5) is 24.0. The van der Waals surface area contributed by atoms with Crippen LogP contribution in [0.3, 0.4) is 0 Å². The molecule has 2 aliphatic rings. The normalized spacial score (nSPS) is 25.0. The second kappa shape index (κ2) is 8.78. The van der Waals surface area contributed by atoms with Crippen LogP contribution in [0.2, 0.25) is 0 Å². The third kappa shape index (κ3) is 5.43. The van der Waals surface area contributed by atoms with Crippen LogP contribution in [-0.2, 0) is 19.0 Å². The molecule has 1 saturated heterocycles. The summed E-state index contributed by atoms with van der Waals surface area (Å²) < 4.78 is 15.5. The molecule has 1 amide bonds. The third-order valence-corrected chi connectivity index (χ3v) is 4.48. The van der Waals surface area contributed by atoms with E-state index in [4.69, 9.17) is 20.6 Å². The molecule has 6 nitrogen and oxygen atoms in total.